The largest absolute Gasteiger partial charge is 0.483 e. The number of carbonyl (C=O) groups is 1. The minimum absolute atomic E-state index is 0.0520. The van der Waals surface area contributed by atoms with Gasteiger partial charge in [-0.15, -0.1) is 0 Å². The van der Waals surface area contributed by atoms with Gasteiger partial charge in [0.2, 0.25) is 0 Å². The van der Waals surface area contributed by atoms with Crippen LogP contribution < -0.4 is 4.74 Å². The molecular weight excluding hydrogens is 382 g/mol. The number of nitrogens with zero attached hydrogens (tertiary/aromatic N) is 3. The van der Waals surface area contributed by atoms with E-state index in [0.717, 1.165) is 30.2 Å². The second-order valence-corrected chi connectivity index (χ2v) is 7.22. The lowest BCUT2D eigenvalue weighted by molar-refractivity contribution is -0.384. The van der Waals surface area contributed by atoms with Gasteiger partial charge in [0.25, 0.3) is 11.6 Å². The maximum atomic E-state index is 12.4. The van der Waals surface area contributed by atoms with Crippen LogP contribution in [0.5, 0.6) is 5.75 Å². The standard InChI is InChI=1S/C20H22ClN3O4/c1-15-2-7-18(24(26)27)12-19(15)28-14-20(25)23-10-8-22(9-11-23)13-16-3-5-17(21)6-4-16/h2-7,12H,8-11,13-14H2,1H3. The summed E-state index contributed by atoms with van der Waals surface area (Å²) < 4.78 is 5.55. The van der Waals surface area contributed by atoms with Crippen LogP contribution >= 0.6 is 11.6 Å². The fourth-order valence-corrected chi connectivity index (χ4v) is 3.22. The van der Waals surface area contributed by atoms with E-state index < -0.39 is 4.92 Å². The number of piperazine rings is 1. The summed E-state index contributed by atoms with van der Waals surface area (Å²) in [6.45, 7) is 5.31. The third-order valence-corrected chi connectivity index (χ3v) is 5.03. The van der Waals surface area contributed by atoms with Crippen molar-refractivity contribution in [3.8, 4) is 5.75 Å². The number of aryl methyl sites for hydroxylation is 1. The summed E-state index contributed by atoms with van der Waals surface area (Å²) in [6, 6.07) is 12.2. The zero-order chi connectivity index (χ0) is 20.1. The van der Waals surface area contributed by atoms with E-state index in [1.165, 1.54) is 17.7 Å². The molecule has 8 heteroatoms. The zero-order valence-electron chi connectivity index (χ0n) is 15.6. The molecule has 7 nitrogen and oxygen atoms in total. The molecule has 148 valence electrons. The molecule has 0 spiro atoms. The summed E-state index contributed by atoms with van der Waals surface area (Å²) in [5.74, 6) is 0.251. The highest BCUT2D eigenvalue weighted by atomic mass is 35.5. The van der Waals surface area contributed by atoms with E-state index in [2.05, 4.69) is 4.90 Å². The molecule has 1 heterocycles. The summed E-state index contributed by atoms with van der Waals surface area (Å²) in [7, 11) is 0. The lowest BCUT2D eigenvalue weighted by Crippen LogP contribution is -2.49. The Labute approximate surface area is 168 Å². The Balaban J connectivity index is 1.48. The Bertz CT molecular complexity index is 849. The lowest BCUT2D eigenvalue weighted by atomic mass is 10.2. The van der Waals surface area contributed by atoms with Gasteiger partial charge in [-0.05, 0) is 36.2 Å². The summed E-state index contributed by atoms with van der Waals surface area (Å²) in [6.07, 6.45) is 0. The number of non-ortho nitro benzene ring substituents is 1. The SMILES string of the molecule is Cc1ccc([N+](=O)[O-])cc1OCC(=O)N1CCN(Cc2ccc(Cl)cc2)CC1. The van der Waals surface area contributed by atoms with Crippen molar-refractivity contribution in [2.75, 3.05) is 32.8 Å². The maximum absolute atomic E-state index is 12.4. The van der Waals surface area contributed by atoms with Crippen molar-refractivity contribution in [1.82, 2.24) is 9.80 Å². The molecule has 0 aromatic heterocycles. The van der Waals surface area contributed by atoms with Gasteiger partial charge in [-0.2, -0.15) is 0 Å². The molecule has 2 aromatic rings. The van der Waals surface area contributed by atoms with Gasteiger partial charge in [0.15, 0.2) is 6.61 Å². The summed E-state index contributed by atoms with van der Waals surface area (Å²) >= 11 is 5.91. The topological polar surface area (TPSA) is 75.9 Å². The lowest BCUT2D eigenvalue weighted by Gasteiger charge is -2.34. The number of amides is 1. The predicted molar refractivity (Wildman–Crippen MR) is 107 cm³/mol. The highest BCUT2D eigenvalue weighted by Crippen LogP contribution is 2.24. The van der Waals surface area contributed by atoms with Gasteiger partial charge in [0.05, 0.1) is 11.0 Å². The first-order chi connectivity index (χ1) is 13.4. The fourth-order valence-electron chi connectivity index (χ4n) is 3.09. The Morgan fingerprint density at radius 1 is 1.14 bits per heavy atom. The number of ether oxygens (including phenoxy) is 1. The minimum Gasteiger partial charge on any atom is -0.483 e. The van der Waals surface area contributed by atoms with E-state index in [0.29, 0.717) is 18.8 Å². The van der Waals surface area contributed by atoms with Crippen LogP contribution in [0.3, 0.4) is 0 Å². The van der Waals surface area contributed by atoms with E-state index in [-0.39, 0.29) is 18.2 Å². The molecule has 1 amide bonds. The fraction of sp³-hybridized carbons (Fsp3) is 0.350. The van der Waals surface area contributed by atoms with Gasteiger partial charge >= 0.3 is 0 Å². The number of rotatable bonds is 6. The molecule has 0 radical (unpaired) electrons. The molecule has 0 unspecified atom stereocenters. The third-order valence-electron chi connectivity index (χ3n) is 4.78. The minimum atomic E-state index is -0.478. The van der Waals surface area contributed by atoms with Crippen LogP contribution in [0.1, 0.15) is 11.1 Å². The zero-order valence-corrected chi connectivity index (χ0v) is 16.4. The first kappa shape index (κ1) is 20.1. The molecule has 1 aliphatic rings. The molecule has 0 saturated carbocycles. The average Bonchev–Trinajstić information content (AvgIpc) is 2.69. The number of nitro groups is 1. The Kier molecular flexibility index (Phi) is 6.49. The Morgan fingerprint density at radius 3 is 2.46 bits per heavy atom. The molecule has 0 aliphatic carbocycles. The van der Waals surface area contributed by atoms with Gasteiger partial charge in [-0.1, -0.05) is 23.7 Å². The van der Waals surface area contributed by atoms with E-state index in [1.807, 2.05) is 24.3 Å². The van der Waals surface area contributed by atoms with Crippen LogP contribution in [0.25, 0.3) is 0 Å². The van der Waals surface area contributed by atoms with Crippen molar-refractivity contribution in [2.24, 2.45) is 0 Å². The van der Waals surface area contributed by atoms with E-state index in [9.17, 15) is 14.9 Å². The van der Waals surface area contributed by atoms with Crippen molar-refractivity contribution in [3.05, 3.63) is 68.7 Å². The van der Waals surface area contributed by atoms with Crippen LogP contribution in [-0.2, 0) is 11.3 Å². The van der Waals surface area contributed by atoms with Gasteiger partial charge in [0, 0.05) is 43.8 Å². The average molecular weight is 404 g/mol. The molecule has 1 aliphatic heterocycles. The molecule has 2 aromatic carbocycles. The summed E-state index contributed by atoms with van der Waals surface area (Å²) in [5.41, 5.74) is 1.89. The molecule has 3 rings (SSSR count). The second kappa shape index (κ2) is 9.03. The number of halogens is 1. The molecular formula is C20H22ClN3O4. The van der Waals surface area contributed by atoms with Crippen LogP contribution in [0, 0.1) is 17.0 Å². The highest BCUT2D eigenvalue weighted by Gasteiger charge is 2.22. The Morgan fingerprint density at radius 2 is 1.82 bits per heavy atom. The van der Waals surface area contributed by atoms with E-state index in [4.69, 9.17) is 16.3 Å². The first-order valence-corrected chi connectivity index (χ1v) is 9.42. The van der Waals surface area contributed by atoms with Gasteiger partial charge < -0.3 is 9.64 Å². The number of benzene rings is 2. The van der Waals surface area contributed by atoms with E-state index >= 15 is 0 Å². The van der Waals surface area contributed by atoms with Crippen molar-refractivity contribution < 1.29 is 14.5 Å². The van der Waals surface area contributed by atoms with Crippen molar-refractivity contribution in [3.63, 3.8) is 0 Å². The summed E-state index contributed by atoms with van der Waals surface area (Å²) in [5, 5.41) is 11.6. The van der Waals surface area contributed by atoms with Crippen molar-refractivity contribution >= 4 is 23.2 Å². The van der Waals surface area contributed by atoms with Crippen LogP contribution in [0.2, 0.25) is 5.02 Å². The predicted octanol–water partition coefficient (Wildman–Crippen LogP) is 3.28. The molecule has 0 bridgehead atoms. The highest BCUT2D eigenvalue weighted by molar-refractivity contribution is 6.30. The first-order valence-electron chi connectivity index (χ1n) is 9.05. The summed E-state index contributed by atoms with van der Waals surface area (Å²) in [4.78, 5) is 26.9. The van der Waals surface area contributed by atoms with Crippen molar-refractivity contribution in [2.45, 2.75) is 13.5 Å². The van der Waals surface area contributed by atoms with Crippen LogP contribution in [0.15, 0.2) is 42.5 Å². The monoisotopic (exact) mass is 403 g/mol. The normalized spacial score (nSPS) is 14.7. The van der Waals surface area contributed by atoms with Crippen LogP contribution in [-0.4, -0.2) is 53.4 Å². The smallest absolute Gasteiger partial charge is 0.273 e. The van der Waals surface area contributed by atoms with Crippen LogP contribution in [0.4, 0.5) is 5.69 Å². The third kappa shape index (κ3) is 5.21. The number of nitro benzene ring substituents is 1. The van der Waals surface area contributed by atoms with Crippen molar-refractivity contribution in [1.29, 1.82) is 0 Å². The molecule has 28 heavy (non-hydrogen) atoms. The van der Waals surface area contributed by atoms with E-state index in [1.54, 1.807) is 17.9 Å². The van der Waals surface area contributed by atoms with Gasteiger partial charge in [-0.25, -0.2) is 0 Å². The second-order valence-electron chi connectivity index (χ2n) is 6.78. The molecule has 0 N–H and O–H groups in total. The van der Waals surface area contributed by atoms with Gasteiger partial charge in [0.1, 0.15) is 5.75 Å². The number of hydrogen-bond donors (Lipinski definition) is 0. The quantitative estimate of drug-likeness (QED) is 0.546. The molecule has 1 saturated heterocycles. The molecule has 0 atom stereocenters. The van der Waals surface area contributed by atoms with Gasteiger partial charge in [-0.3, -0.25) is 19.8 Å². The maximum Gasteiger partial charge on any atom is 0.273 e. The Hall–Kier alpha value is -2.64. The number of carbonyl (C=O) groups excluding carboxylic acids is 1. The molecule has 1 fully saturated rings. The number of hydrogen-bond acceptors (Lipinski definition) is 5.